The second-order valence-electron chi connectivity index (χ2n) is 6.00. The number of nitrogens with two attached hydrogens (primary N) is 1. The van der Waals surface area contributed by atoms with Crippen molar-refractivity contribution in [3.63, 3.8) is 0 Å². The lowest BCUT2D eigenvalue weighted by molar-refractivity contribution is -0.129. The lowest BCUT2D eigenvalue weighted by atomic mass is 9.81. The van der Waals surface area contributed by atoms with Crippen LogP contribution in [0.5, 0.6) is 0 Å². The topological polar surface area (TPSA) is 46.3 Å². The molecule has 2 N–H and O–H groups in total. The van der Waals surface area contributed by atoms with Gasteiger partial charge < -0.3 is 5.73 Å². The molecule has 1 saturated heterocycles. The van der Waals surface area contributed by atoms with Gasteiger partial charge in [-0.3, -0.25) is 9.69 Å². The molecule has 0 spiro atoms. The van der Waals surface area contributed by atoms with Gasteiger partial charge in [0.1, 0.15) is 0 Å². The Morgan fingerprint density at radius 1 is 1.45 bits per heavy atom. The van der Waals surface area contributed by atoms with Gasteiger partial charge in [-0.05, 0) is 48.7 Å². The maximum Gasteiger partial charge on any atom is 0.224 e. The Kier molecular flexibility index (Phi) is 3.52. The van der Waals surface area contributed by atoms with Crippen LogP contribution in [0, 0.1) is 5.41 Å². The molecule has 0 saturated carbocycles. The van der Waals surface area contributed by atoms with Crippen molar-refractivity contribution in [3.05, 3.63) is 35.2 Å². The fraction of sp³-hybridized carbons (Fsp3) is 0.438. The van der Waals surface area contributed by atoms with Crippen molar-refractivity contribution in [3.8, 4) is 0 Å². The summed E-state index contributed by atoms with van der Waals surface area (Å²) in [4.78, 5) is 14.0. The monoisotopic (exact) mass is 288 g/mol. The molecule has 0 radical (unpaired) electrons. The van der Waals surface area contributed by atoms with Gasteiger partial charge in [0, 0.05) is 17.8 Å². The van der Waals surface area contributed by atoms with E-state index in [9.17, 15) is 4.79 Å². The van der Waals surface area contributed by atoms with Gasteiger partial charge in [0.15, 0.2) is 0 Å². The molecule has 2 heterocycles. The zero-order valence-electron chi connectivity index (χ0n) is 11.8. The zero-order valence-corrected chi connectivity index (χ0v) is 12.6. The Hall–Kier alpha value is -1.39. The third kappa shape index (κ3) is 2.45. The molecule has 3 nitrogen and oxygen atoms in total. The van der Waals surface area contributed by atoms with Gasteiger partial charge in [-0.1, -0.05) is 18.2 Å². The van der Waals surface area contributed by atoms with E-state index < -0.39 is 0 Å². The first-order valence-corrected chi connectivity index (χ1v) is 7.94. The number of carbonyl (C=O) groups excluding carboxylic acids is 1. The van der Waals surface area contributed by atoms with Crippen LogP contribution in [0.2, 0.25) is 0 Å². The van der Waals surface area contributed by atoms with Crippen molar-refractivity contribution < 1.29 is 4.79 Å². The van der Waals surface area contributed by atoms with Crippen molar-refractivity contribution in [2.24, 2.45) is 11.1 Å². The van der Waals surface area contributed by atoms with E-state index in [2.05, 4.69) is 34.5 Å². The van der Waals surface area contributed by atoms with Crippen LogP contribution in [0.1, 0.15) is 25.3 Å². The quantitative estimate of drug-likeness (QED) is 0.943. The molecule has 1 aromatic heterocycles. The van der Waals surface area contributed by atoms with Crippen molar-refractivity contribution in [1.29, 1.82) is 0 Å². The van der Waals surface area contributed by atoms with Gasteiger partial charge >= 0.3 is 0 Å². The largest absolute Gasteiger partial charge is 0.369 e. The van der Waals surface area contributed by atoms with Gasteiger partial charge in [-0.25, -0.2) is 0 Å². The first-order chi connectivity index (χ1) is 9.58. The normalized spacial score (nSPS) is 24.1. The number of nitrogens with zero attached hydrogens (tertiary/aromatic N) is 1. The average molecular weight is 288 g/mol. The maximum absolute atomic E-state index is 11.6. The third-order valence-corrected chi connectivity index (χ3v) is 5.34. The van der Waals surface area contributed by atoms with E-state index in [0.29, 0.717) is 0 Å². The third-order valence-electron chi connectivity index (χ3n) is 4.33. The van der Waals surface area contributed by atoms with E-state index in [0.717, 1.165) is 32.5 Å². The van der Waals surface area contributed by atoms with E-state index in [-0.39, 0.29) is 11.3 Å². The number of fused-ring (bicyclic) bond motifs is 1. The molecule has 1 atom stereocenters. The molecular weight excluding hydrogens is 268 g/mol. The molecule has 0 unspecified atom stereocenters. The standard InChI is InChI=1S/C16H20N2OS/c1-16(15(17)19)7-4-8-18(11-16)9-12-10-20-14-6-3-2-5-13(12)14/h2-3,5-6,10H,4,7-9,11H2,1H3,(H2,17,19)/t16-/m0/s1. The highest BCUT2D eigenvalue weighted by Gasteiger charge is 2.36. The predicted octanol–water partition coefficient (Wildman–Crippen LogP) is 2.99. The Bertz CT molecular complexity index is 636. The SMILES string of the molecule is C[C@]1(C(N)=O)CCCN(Cc2csc3ccccc23)C1. The van der Waals surface area contributed by atoms with Crippen LogP contribution < -0.4 is 5.73 Å². The summed E-state index contributed by atoms with van der Waals surface area (Å²) in [7, 11) is 0. The molecule has 1 amide bonds. The lowest BCUT2D eigenvalue weighted by Gasteiger charge is -2.38. The van der Waals surface area contributed by atoms with Crippen molar-refractivity contribution in [1.82, 2.24) is 4.90 Å². The number of rotatable bonds is 3. The van der Waals surface area contributed by atoms with Crippen LogP contribution >= 0.6 is 11.3 Å². The average Bonchev–Trinajstić information content (AvgIpc) is 2.82. The first kappa shape index (κ1) is 13.6. The fourth-order valence-electron chi connectivity index (χ4n) is 3.08. The molecule has 0 bridgehead atoms. The van der Waals surface area contributed by atoms with E-state index in [4.69, 9.17) is 5.73 Å². The summed E-state index contributed by atoms with van der Waals surface area (Å²) in [5.41, 5.74) is 6.55. The van der Waals surface area contributed by atoms with Crippen LogP contribution in [0.3, 0.4) is 0 Å². The molecule has 1 fully saturated rings. The number of amides is 1. The number of piperidine rings is 1. The minimum absolute atomic E-state index is 0.169. The molecule has 20 heavy (non-hydrogen) atoms. The molecule has 3 rings (SSSR count). The number of primary amides is 1. The van der Waals surface area contributed by atoms with Crippen molar-refractivity contribution >= 4 is 27.3 Å². The van der Waals surface area contributed by atoms with E-state index in [1.807, 2.05) is 6.92 Å². The highest BCUT2D eigenvalue weighted by Crippen LogP contribution is 2.32. The molecule has 2 aromatic rings. The Morgan fingerprint density at radius 2 is 2.25 bits per heavy atom. The predicted molar refractivity (Wildman–Crippen MR) is 83.6 cm³/mol. The molecule has 106 valence electrons. The van der Waals surface area contributed by atoms with E-state index in [1.165, 1.54) is 15.6 Å². The van der Waals surface area contributed by atoms with Crippen molar-refractivity contribution in [2.45, 2.75) is 26.3 Å². The molecule has 4 heteroatoms. The van der Waals surface area contributed by atoms with Crippen molar-refractivity contribution in [2.75, 3.05) is 13.1 Å². The molecule has 1 aromatic carbocycles. The van der Waals surface area contributed by atoms with Crippen LogP contribution in [-0.4, -0.2) is 23.9 Å². The zero-order chi connectivity index (χ0) is 14.2. The number of carbonyl (C=O) groups is 1. The molecule has 1 aliphatic rings. The lowest BCUT2D eigenvalue weighted by Crippen LogP contribution is -2.48. The summed E-state index contributed by atoms with van der Waals surface area (Å²) in [6.07, 6.45) is 1.95. The Balaban J connectivity index is 1.79. The highest BCUT2D eigenvalue weighted by molar-refractivity contribution is 7.17. The summed E-state index contributed by atoms with van der Waals surface area (Å²) in [6, 6.07) is 8.50. The summed E-state index contributed by atoms with van der Waals surface area (Å²) in [5.74, 6) is -0.169. The summed E-state index contributed by atoms with van der Waals surface area (Å²) in [6.45, 7) is 4.72. The summed E-state index contributed by atoms with van der Waals surface area (Å²) in [5, 5.41) is 3.57. The maximum atomic E-state index is 11.6. The Labute approximate surface area is 123 Å². The fourth-order valence-corrected chi connectivity index (χ4v) is 4.03. The van der Waals surface area contributed by atoms with Crippen LogP contribution in [-0.2, 0) is 11.3 Å². The second kappa shape index (κ2) is 5.19. The molecule has 1 aliphatic heterocycles. The molecule has 0 aliphatic carbocycles. The number of benzene rings is 1. The number of thiophene rings is 1. The van der Waals surface area contributed by atoms with Gasteiger partial charge in [-0.2, -0.15) is 0 Å². The minimum atomic E-state index is -0.371. The van der Waals surface area contributed by atoms with Crippen LogP contribution in [0.4, 0.5) is 0 Å². The van der Waals surface area contributed by atoms with E-state index >= 15 is 0 Å². The van der Waals surface area contributed by atoms with Crippen LogP contribution in [0.15, 0.2) is 29.6 Å². The summed E-state index contributed by atoms with van der Waals surface area (Å²) < 4.78 is 1.33. The van der Waals surface area contributed by atoms with Gasteiger partial charge in [0.2, 0.25) is 5.91 Å². The number of hydrogen-bond acceptors (Lipinski definition) is 3. The first-order valence-electron chi connectivity index (χ1n) is 7.06. The Morgan fingerprint density at radius 3 is 3.05 bits per heavy atom. The number of hydrogen-bond donors (Lipinski definition) is 1. The minimum Gasteiger partial charge on any atom is -0.369 e. The van der Waals surface area contributed by atoms with E-state index in [1.54, 1.807) is 11.3 Å². The molecular formula is C16H20N2OS. The van der Waals surface area contributed by atoms with Gasteiger partial charge in [-0.15, -0.1) is 11.3 Å². The van der Waals surface area contributed by atoms with Gasteiger partial charge in [0.25, 0.3) is 0 Å². The second-order valence-corrected chi connectivity index (χ2v) is 6.91. The van der Waals surface area contributed by atoms with Crippen LogP contribution in [0.25, 0.3) is 10.1 Å². The smallest absolute Gasteiger partial charge is 0.224 e. The summed E-state index contributed by atoms with van der Waals surface area (Å²) >= 11 is 1.79. The van der Waals surface area contributed by atoms with Gasteiger partial charge in [0.05, 0.1) is 5.41 Å². The highest BCUT2D eigenvalue weighted by atomic mass is 32.1. The number of likely N-dealkylation sites (tertiary alicyclic amines) is 1.